The first-order valence-electron chi connectivity index (χ1n) is 6.93. The van der Waals surface area contributed by atoms with Gasteiger partial charge in [-0.2, -0.15) is 5.26 Å². The fraction of sp³-hybridized carbons (Fsp3) is 0.923. The monoisotopic (exact) mass is 237 g/mol. The molecule has 1 aliphatic carbocycles. The largest absolute Gasteiger partial charge is 0.452 e. The third-order valence-corrected chi connectivity index (χ3v) is 4.11. The van der Waals surface area contributed by atoms with Crippen molar-refractivity contribution in [2.75, 3.05) is 0 Å². The van der Waals surface area contributed by atoms with Crippen LogP contribution in [-0.4, -0.2) is 17.2 Å². The molecule has 2 unspecified atom stereocenters. The van der Waals surface area contributed by atoms with E-state index in [1.807, 2.05) is 0 Å². The molecule has 2 N–H and O–H groups in total. The predicted octanol–water partition coefficient (Wildman–Crippen LogP) is 2.60. The molecule has 1 fully saturated rings. The van der Waals surface area contributed by atoms with E-state index in [0.717, 1.165) is 18.8 Å². The molecule has 1 aliphatic rings. The number of hydrogen-bond donors (Lipinski definition) is 2. The lowest BCUT2D eigenvalue weighted by Crippen LogP contribution is -2.23. The molecule has 0 heterocycles. The molecular weight excluding hydrogens is 213 g/mol. The first-order valence-corrected chi connectivity index (χ1v) is 6.93. The highest BCUT2D eigenvalue weighted by atomic mass is 16.4. The second-order valence-electron chi connectivity index (χ2n) is 5.34. The molecule has 0 amide bonds. The van der Waals surface area contributed by atoms with E-state index in [1.54, 1.807) is 0 Å². The molecule has 1 rings (SSSR count). The molecule has 3 nitrogen and oxygen atoms in total. The van der Waals surface area contributed by atoms with Gasteiger partial charge in [0.2, 0.25) is 0 Å². The van der Waals surface area contributed by atoms with Crippen molar-refractivity contribution in [2.24, 2.45) is 17.8 Å². The van der Waals surface area contributed by atoms with Crippen molar-refractivity contribution in [1.82, 2.24) is 0 Å². The van der Waals surface area contributed by atoms with Crippen LogP contribution in [0.1, 0.15) is 51.9 Å². The number of rotatable bonds is 6. The van der Waals surface area contributed by atoms with Crippen molar-refractivity contribution in [3.63, 3.8) is 0 Å². The first-order chi connectivity index (χ1) is 8.17. The molecule has 0 saturated heterocycles. The van der Waals surface area contributed by atoms with E-state index in [-0.39, 0.29) is 12.2 Å². The van der Waals surface area contributed by atoms with Crippen LogP contribution in [0, 0.1) is 29.1 Å². The minimum atomic E-state index is -1.34. The Kier molecular flexibility index (Phi) is 6.61. The Morgan fingerprint density at radius 1 is 1.29 bits per heavy atom. The van der Waals surface area contributed by atoms with E-state index in [0.29, 0.717) is 5.92 Å². The molecule has 1 saturated carbocycles. The van der Waals surface area contributed by atoms with Crippen molar-refractivity contribution in [1.29, 1.82) is 5.26 Å². The lowest BCUT2D eigenvalue weighted by molar-refractivity contribution is 0.216. The van der Waals surface area contributed by atoms with Crippen LogP contribution in [0.4, 0.5) is 0 Å². The zero-order valence-corrected chi connectivity index (χ0v) is 10.8. The fourth-order valence-electron chi connectivity index (χ4n) is 3.12. The highest BCUT2D eigenvalue weighted by molar-refractivity contribution is 6.41. The molecule has 2 atom stereocenters. The highest BCUT2D eigenvalue weighted by Crippen LogP contribution is 2.35. The summed E-state index contributed by atoms with van der Waals surface area (Å²) in [5, 5.41) is 27.0. The van der Waals surface area contributed by atoms with Gasteiger partial charge in [0.15, 0.2) is 0 Å². The van der Waals surface area contributed by atoms with Crippen LogP contribution in [-0.2, 0) is 0 Å². The van der Waals surface area contributed by atoms with Crippen molar-refractivity contribution in [3.05, 3.63) is 0 Å². The van der Waals surface area contributed by atoms with Crippen LogP contribution in [0.3, 0.4) is 0 Å². The summed E-state index contributed by atoms with van der Waals surface area (Å²) in [6.07, 6.45) is 8.70. The van der Waals surface area contributed by atoms with Crippen molar-refractivity contribution in [3.8, 4) is 6.07 Å². The van der Waals surface area contributed by atoms with E-state index in [1.165, 1.54) is 32.1 Å². The van der Waals surface area contributed by atoms with Crippen molar-refractivity contribution < 1.29 is 10.0 Å². The fourth-order valence-corrected chi connectivity index (χ4v) is 3.12. The van der Waals surface area contributed by atoms with Gasteiger partial charge in [0, 0.05) is 5.92 Å². The van der Waals surface area contributed by atoms with E-state index < -0.39 is 7.12 Å². The Balaban J connectivity index is 2.46. The molecule has 0 bridgehead atoms. The molecule has 0 radical (unpaired) electrons. The van der Waals surface area contributed by atoms with Gasteiger partial charge in [0.25, 0.3) is 0 Å². The Bertz CT molecular complexity index is 246. The number of hydrogen-bond acceptors (Lipinski definition) is 3. The van der Waals surface area contributed by atoms with Gasteiger partial charge in [-0.1, -0.05) is 45.4 Å². The van der Waals surface area contributed by atoms with Crippen LogP contribution >= 0.6 is 0 Å². The van der Waals surface area contributed by atoms with Crippen LogP contribution in [0.15, 0.2) is 0 Å². The normalized spacial score (nSPS) is 20.6. The summed E-state index contributed by atoms with van der Waals surface area (Å²) < 4.78 is 0. The van der Waals surface area contributed by atoms with Crippen molar-refractivity contribution >= 4 is 7.12 Å². The smallest absolute Gasteiger partial charge is 0.427 e. The van der Waals surface area contributed by atoms with Gasteiger partial charge < -0.3 is 10.0 Å². The molecule has 0 aliphatic heterocycles. The van der Waals surface area contributed by atoms with Gasteiger partial charge in [0.05, 0.1) is 6.07 Å². The maximum Gasteiger partial charge on any atom is 0.452 e. The van der Waals surface area contributed by atoms with E-state index in [2.05, 4.69) is 13.0 Å². The lowest BCUT2D eigenvalue weighted by Gasteiger charge is -2.30. The maximum absolute atomic E-state index is 9.05. The zero-order valence-electron chi connectivity index (χ0n) is 10.8. The van der Waals surface area contributed by atoms with Crippen LogP contribution in [0.2, 0.25) is 6.32 Å². The van der Waals surface area contributed by atoms with Gasteiger partial charge in [0.1, 0.15) is 0 Å². The second kappa shape index (κ2) is 7.73. The summed E-state index contributed by atoms with van der Waals surface area (Å²) in [4.78, 5) is 0. The molecule has 4 heteroatoms. The van der Waals surface area contributed by atoms with E-state index in [4.69, 9.17) is 15.3 Å². The van der Waals surface area contributed by atoms with Crippen LogP contribution < -0.4 is 0 Å². The average Bonchev–Trinajstić information content (AvgIpc) is 2.35. The molecule has 0 spiro atoms. The molecular formula is C13H24BNO2. The van der Waals surface area contributed by atoms with Gasteiger partial charge in [-0.3, -0.25) is 0 Å². The number of nitriles is 1. The topological polar surface area (TPSA) is 64.2 Å². The molecule has 0 aromatic rings. The molecule has 0 aromatic heterocycles. The number of nitrogens with zero attached hydrogens (tertiary/aromatic N) is 1. The third kappa shape index (κ3) is 5.10. The summed E-state index contributed by atoms with van der Waals surface area (Å²) in [5.41, 5.74) is 0. The van der Waals surface area contributed by atoms with Crippen molar-refractivity contribution in [2.45, 2.75) is 58.2 Å². The Hall–Kier alpha value is -0.525. The summed E-state index contributed by atoms with van der Waals surface area (Å²) >= 11 is 0. The summed E-state index contributed by atoms with van der Waals surface area (Å²) in [6.45, 7) is 2.18. The quantitative estimate of drug-likeness (QED) is 0.698. The third-order valence-electron chi connectivity index (χ3n) is 4.11. The van der Waals surface area contributed by atoms with E-state index >= 15 is 0 Å². The summed E-state index contributed by atoms with van der Waals surface area (Å²) in [6, 6.07) is 2.22. The average molecular weight is 237 g/mol. The SMILES string of the molecule is CCC(CC(C#N)CB(O)O)C1CCCCC1. The van der Waals surface area contributed by atoms with E-state index in [9.17, 15) is 0 Å². The molecule has 0 aromatic carbocycles. The van der Waals surface area contributed by atoms with Crippen LogP contribution in [0.25, 0.3) is 0 Å². The minimum absolute atomic E-state index is 0.194. The first kappa shape index (κ1) is 14.5. The summed E-state index contributed by atoms with van der Waals surface area (Å²) in [5.74, 6) is 1.13. The van der Waals surface area contributed by atoms with Gasteiger partial charge in [-0.05, 0) is 24.6 Å². The molecule has 17 heavy (non-hydrogen) atoms. The maximum atomic E-state index is 9.05. The predicted molar refractivity (Wildman–Crippen MR) is 69.1 cm³/mol. The van der Waals surface area contributed by atoms with Gasteiger partial charge in [-0.15, -0.1) is 0 Å². The zero-order chi connectivity index (χ0) is 12.7. The minimum Gasteiger partial charge on any atom is -0.427 e. The molecule has 96 valence electrons. The standard InChI is InChI=1S/C13H24BNO2/c1-2-12(13-6-4-3-5-7-13)8-11(10-15)9-14(16)17/h11-13,16-17H,2-9H2,1H3. The lowest BCUT2D eigenvalue weighted by atomic mass is 9.70. The second-order valence-corrected chi connectivity index (χ2v) is 5.34. The van der Waals surface area contributed by atoms with Gasteiger partial charge >= 0.3 is 7.12 Å². The Morgan fingerprint density at radius 3 is 2.41 bits per heavy atom. The Morgan fingerprint density at radius 2 is 1.94 bits per heavy atom. The van der Waals surface area contributed by atoms with Gasteiger partial charge in [-0.25, -0.2) is 0 Å². The highest BCUT2D eigenvalue weighted by Gasteiger charge is 2.26. The van der Waals surface area contributed by atoms with Crippen LogP contribution in [0.5, 0.6) is 0 Å². The summed E-state index contributed by atoms with van der Waals surface area (Å²) in [7, 11) is -1.34. The Labute approximate surface area is 105 Å².